The maximum Gasteiger partial charge on any atom is 0.230 e. The molecule has 8 nitrogen and oxygen atoms in total. The van der Waals surface area contributed by atoms with Gasteiger partial charge in [0.05, 0.1) is 0 Å². The summed E-state index contributed by atoms with van der Waals surface area (Å²) in [6.07, 6.45) is 4.23. The van der Waals surface area contributed by atoms with Gasteiger partial charge in [0.25, 0.3) is 0 Å². The summed E-state index contributed by atoms with van der Waals surface area (Å²) >= 11 is 0. The maximum atomic E-state index is 13.0. The van der Waals surface area contributed by atoms with Gasteiger partial charge in [0.1, 0.15) is 0 Å². The van der Waals surface area contributed by atoms with E-state index in [1.54, 1.807) is 0 Å². The van der Waals surface area contributed by atoms with Gasteiger partial charge in [-0.1, -0.05) is 35.5 Å². The summed E-state index contributed by atoms with van der Waals surface area (Å²) in [5.74, 6) is 1.34. The van der Waals surface area contributed by atoms with Crippen LogP contribution in [-0.2, 0) is 14.3 Å². The summed E-state index contributed by atoms with van der Waals surface area (Å²) in [6.45, 7) is 2.92. The predicted molar refractivity (Wildman–Crippen MR) is 114 cm³/mol. The molecule has 1 aromatic heterocycles. The topological polar surface area (TPSA) is 97.6 Å². The molecule has 4 rings (SSSR count). The van der Waals surface area contributed by atoms with Gasteiger partial charge in [0.2, 0.25) is 23.5 Å². The number of rotatable bonds is 3. The Hall–Kier alpha value is -2.74. The quantitative estimate of drug-likeness (QED) is 0.811. The number of hydrogen-bond acceptors (Lipinski definition) is 6. The van der Waals surface area contributed by atoms with Gasteiger partial charge in [-0.3, -0.25) is 9.59 Å². The standard InChI is InChI=1S/C23H30N4O4/c28-20-9-14-27(23(29)19-10-15-30-16-11-19)13-4-7-18(8-12-24-20)22-25-21(26-31-22)17-5-2-1-3-6-17/h1-3,5-6,18-19H,4,7-16H2,(H,24,28). The summed E-state index contributed by atoms with van der Waals surface area (Å²) in [7, 11) is 0. The van der Waals surface area contributed by atoms with Gasteiger partial charge in [-0.15, -0.1) is 0 Å². The lowest BCUT2D eigenvalue weighted by atomic mass is 9.97. The molecule has 2 aliphatic heterocycles. The van der Waals surface area contributed by atoms with Crippen molar-refractivity contribution in [2.45, 2.75) is 44.4 Å². The summed E-state index contributed by atoms with van der Waals surface area (Å²) in [5.41, 5.74) is 0.913. The fourth-order valence-corrected chi connectivity index (χ4v) is 4.27. The molecule has 2 aromatic rings. The van der Waals surface area contributed by atoms with Gasteiger partial charge in [-0.2, -0.15) is 4.98 Å². The first kappa shape index (κ1) is 21.5. The van der Waals surface area contributed by atoms with E-state index in [4.69, 9.17) is 9.26 Å². The third-order valence-corrected chi connectivity index (χ3v) is 6.11. The van der Waals surface area contributed by atoms with Crippen LogP contribution in [0.5, 0.6) is 0 Å². The molecule has 0 bridgehead atoms. The second kappa shape index (κ2) is 10.5. The average Bonchev–Trinajstić information content (AvgIpc) is 3.29. The minimum absolute atomic E-state index is 0.00195. The number of amides is 2. The van der Waals surface area contributed by atoms with E-state index in [-0.39, 0.29) is 23.7 Å². The lowest BCUT2D eigenvalue weighted by Gasteiger charge is -2.29. The summed E-state index contributed by atoms with van der Waals surface area (Å²) in [6, 6.07) is 9.74. The first-order chi connectivity index (χ1) is 15.2. The number of nitrogens with zero attached hydrogens (tertiary/aromatic N) is 3. The molecule has 0 spiro atoms. The molecule has 2 aliphatic rings. The lowest BCUT2D eigenvalue weighted by molar-refractivity contribution is -0.139. The van der Waals surface area contributed by atoms with Crippen molar-refractivity contribution >= 4 is 11.8 Å². The van der Waals surface area contributed by atoms with E-state index in [9.17, 15) is 9.59 Å². The van der Waals surface area contributed by atoms with Crippen molar-refractivity contribution in [2.75, 3.05) is 32.8 Å². The lowest BCUT2D eigenvalue weighted by Crippen LogP contribution is -2.41. The maximum absolute atomic E-state index is 13.0. The molecule has 0 saturated carbocycles. The zero-order valence-electron chi connectivity index (χ0n) is 17.8. The van der Waals surface area contributed by atoms with Crippen LogP contribution >= 0.6 is 0 Å². The van der Waals surface area contributed by atoms with E-state index in [0.29, 0.717) is 51.0 Å². The van der Waals surface area contributed by atoms with Gasteiger partial charge >= 0.3 is 0 Å². The molecule has 0 radical (unpaired) electrons. The second-order valence-corrected chi connectivity index (χ2v) is 8.26. The Kier molecular flexibility index (Phi) is 7.30. The smallest absolute Gasteiger partial charge is 0.230 e. The van der Waals surface area contributed by atoms with Crippen LogP contribution in [-0.4, -0.2) is 59.7 Å². The van der Waals surface area contributed by atoms with Gasteiger partial charge in [-0.05, 0) is 32.1 Å². The molecule has 1 N–H and O–H groups in total. The fourth-order valence-electron chi connectivity index (χ4n) is 4.27. The van der Waals surface area contributed by atoms with Crippen LogP contribution in [0.15, 0.2) is 34.9 Å². The SMILES string of the molecule is O=C1CCN(C(=O)C2CCOCC2)CCCC(c2nc(-c3ccccc3)no2)CCN1. The van der Waals surface area contributed by atoms with Crippen molar-refractivity contribution in [1.82, 2.24) is 20.4 Å². The van der Waals surface area contributed by atoms with Gasteiger partial charge < -0.3 is 19.5 Å². The molecule has 8 heteroatoms. The first-order valence-corrected chi connectivity index (χ1v) is 11.2. The Labute approximate surface area is 182 Å². The minimum Gasteiger partial charge on any atom is -0.381 e. The average molecular weight is 427 g/mol. The molecule has 2 fully saturated rings. The third-order valence-electron chi connectivity index (χ3n) is 6.11. The zero-order valence-corrected chi connectivity index (χ0v) is 17.8. The first-order valence-electron chi connectivity index (χ1n) is 11.2. The Balaban J connectivity index is 1.43. The Bertz CT molecular complexity index is 863. The number of hydrogen-bond donors (Lipinski definition) is 1. The van der Waals surface area contributed by atoms with Gasteiger partial charge in [-0.25, -0.2) is 0 Å². The molecule has 2 saturated heterocycles. The van der Waals surface area contributed by atoms with Gasteiger partial charge in [0.15, 0.2) is 0 Å². The largest absolute Gasteiger partial charge is 0.381 e. The second-order valence-electron chi connectivity index (χ2n) is 8.26. The Morgan fingerprint density at radius 3 is 2.68 bits per heavy atom. The Morgan fingerprint density at radius 1 is 1.06 bits per heavy atom. The van der Waals surface area contributed by atoms with Crippen molar-refractivity contribution in [3.05, 3.63) is 36.2 Å². The normalized spacial score (nSPS) is 21.9. The van der Waals surface area contributed by atoms with Gasteiger partial charge in [0, 0.05) is 56.7 Å². The van der Waals surface area contributed by atoms with E-state index >= 15 is 0 Å². The van der Waals surface area contributed by atoms with Crippen molar-refractivity contribution in [3.63, 3.8) is 0 Å². The van der Waals surface area contributed by atoms with Crippen LogP contribution in [0, 0.1) is 5.92 Å². The van der Waals surface area contributed by atoms with E-state index in [1.165, 1.54) is 0 Å². The fraction of sp³-hybridized carbons (Fsp3) is 0.565. The van der Waals surface area contributed by atoms with Crippen molar-refractivity contribution in [2.24, 2.45) is 5.92 Å². The molecule has 31 heavy (non-hydrogen) atoms. The van der Waals surface area contributed by atoms with E-state index in [0.717, 1.165) is 37.7 Å². The van der Waals surface area contributed by atoms with E-state index in [1.807, 2.05) is 35.2 Å². The highest BCUT2D eigenvalue weighted by molar-refractivity contribution is 5.80. The summed E-state index contributed by atoms with van der Waals surface area (Å²) in [4.78, 5) is 31.8. The van der Waals surface area contributed by atoms with Crippen LogP contribution in [0.1, 0.15) is 50.3 Å². The number of ether oxygens (including phenoxy) is 1. The molecule has 166 valence electrons. The molecule has 1 aromatic carbocycles. The highest BCUT2D eigenvalue weighted by atomic mass is 16.5. The summed E-state index contributed by atoms with van der Waals surface area (Å²) in [5, 5.41) is 7.12. The highest BCUT2D eigenvalue weighted by Gasteiger charge is 2.28. The minimum atomic E-state index is -0.0269. The van der Waals surface area contributed by atoms with Crippen LogP contribution in [0.2, 0.25) is 0 Å². The van der Waals surface area contributed by atoms with Crippen LogP contribution < -0.4 is 5.32 Å². The number of aromatic nitrogens is 2. The number of carbonyl (C=O) groups is 2. The predicted octanol–water partition coefficient (Wildman–Crippen LogP) is 2.77. The third kappa shape index (κ3) is 5.70. The number of benzene rings is 1. The monoisotopic (exact) mass is 426 g/mol. The van der Waals surface area contributed by atoms with Crippen molar-refractivity contribution in [3.8, 4) is 11.4 Å². The summed E-state index contributed by atoms with van der Waals surface area (Å²) < 4.78 is 11.0. The number of carbonyl (C=O) groups excluding carboxylic acids is 2. The molecule has 3 heterocycles. The van der Waals surface area contributed by atoms with E-state index in [2.05, 4.69) is 15.5 Å². The van der Waals surface area contributed by atoms with Crippen molar-refractivity contribution in [1.29, 1.82) is 0 Å². The molecular weight excluding hydrogens is 396 g/mol. The van der Waals surface area contributed by atoms with Crippen molar-refractivity contribution < 1.29 is 18.8 Å². The molecule has 1 unspecified atom stereocenters. The molecule has 0 aliphatic carbocycles. The number of nitrogens with one attached hydrogen (secondary N) is 1. The molecule has 1 atom stereocenters. The van der Waals surface area contributed by atoms with Crippen LogP contribution in [0.3, 0.4) is 0 Å². The molecule has 2 amide bonds. The van der Waals surface area contributed by atoms with Crippen LogP contribution in [0.25, 0.3) is 11.4 Å². The Morgan fingerprint density at radius 2 is 1.87 bits per heavy atom. The van der Waals surface area contributed by atoms with E-state index < -0.39 is 0 Å². The highest BCUT2D eigenvalue weighted by Crippen LogP contribution is 2.27. The van der Waals surface area contributed by atoms with Crippen LogP contribution in [0.4, 0.5) is 0 Å². The zero-order chi connectivity index (χ0) is 21.5. The molecular formula is C23H30N4O4.